The predicted octanol–water partition coefficient (Wildman–Crippen LogP) is 4.59. The molecule has 1 aliphatic carbocycles. The van der Waals surface area contributed by atoms with Gasteiger partial charge in [-0.05, 0) is 86.9 Å². The zero-order chi connectivity index (χ0) is 22.4. The molecule has 0 saturated heterocycles. The monoisotopic (exact) mass is 443 g/mol. The molecule has 2 aromatic rings. The summed E-state index contributed by atoms with van der Waals surface area (Å²) in [5.74, 6) is 1.03. The summed E-state index contributed by atoms with van der Waals surface area (Å²) >= 11 is 0. The van der Waals surface area contributed by atoms with E-state index in [2.05, 4.69) is 6.92 Å². The Bertz CT molecular complexity index is 1120. The number of nitrogens with zero attached hydrogens (tertiary/aromatic N) is 1. The number of rotatable bonds is 5. The molecule has 0 aromatic heterocycles. The quantitative estimate of drug-likeness (QED) is 0.676. The fourth-order valence-corrected chi connectivity index (χ4v) is 6.46. The van der Waals surface area contributed by atoms with Crippen LogP contribution in [0.1, 0.15) is 50.7 Å². The number of hydrogen-bond acceptors (Lipinski definition) is 5. The Kier molecular flexibility index (Phi) is 5.50. The first-order valence-electron chi connectivity index (χ1n) is 10.8. The van der Waals surface area contributed by atoms with Crippen LogP contribution in [0.3, 0.4) is 0 Å². The van der Waals surface area contributed by atoms with E-state index in [1.807, 2.05) is 19.9 Å². The second-order valence-electron chi connectivity index (χ2n) is 8.61. The molecule has 1 spiro atoms. The highest BCUT2D eigenvalue weighted by atomic mass is 32.2. The van der Waals surface area contributed by atoms with Crippen molar-refractivity contribution in [1.82, 2.24) is 0 Å². The van der Waals surface area contributed by atoms with Gasteiger partial charge < -0.3 is 9.47 Å². The van der Waals surface area contributed by atoms with Gasteiger partial charge in [0.15, 0.2) is 0 Å². The van der Waals surface area contributed by atoms with E-state index in [4.69, 9.17) is 9.47 Å². The van der Waals surface area contributed by atoms with E-state index in [-0.39, 0.29) is 16.6 Å². The van der Waals surface area contributed by atoms with Gasteiger partial charge in [-0.2, -0.15) is 0 Å². The molecular weight excluding hydrogens is 414 g/mol. The summed E-state index contributed by atoms with van der Waals surface area (Å²) in [7, 11) is -2.72. The van der Waals surface area contributed by atoms with Gasteiger partial charge in [0.2, 0.25) is 0 Å². The molecule has 0 radical (unpaired) electrons. The van der Waals surface area contributed by atoms with Crippen LogP contribution in [0.25, 0.3) is 0 Å². The highest BCUT2D eigenvalue weighted by Gasteiger charge is 2.55. The van der Waals surface area contributed by atoms with E-state index < -0.39 is 15.4 Å². The van der Waals surface area contributed by atoms with E-state index >= 15 is 0 Å². The molecule has 0 bridgehead atoms. The van der Waals surface area contributed by atoms with Crippen LogP contribution in [0.15, 0.2) is 41.3 Å². The molecular formula is C24H29NO5S. The van der Waals surface area contributed by atoms with Crippen molar-refractivity contribution < 1.29 is 22.7 Å². The number of ether oxygens (including phenoxy) is 2. The standard InChI is InChI=1S/C24H29NO5S/c1-5-30-18-7-8-20-19(15-18)24(12-10-16(2)11-13-24)23(26)25(20)31(27,28)22-9-6-17(3)14-21(22)29-4/h6-9,14-16H,5,10-13H2,1-4H3. The number of anilines is 1. The van der Waals surface area contributed by atoms with Crippen molar-refractivity contribution in [3.05, 3.63) is 47.5 Å². The number of benzene rings is 2. The highest BCUT2D eigenvalue weighted by Crippen LogP contribution is 2.53. The summed E-state index contributed by atoms with van der Waals surface area (Å²) in [5.41, 5.74) is 1.22. The van der Waals surface area contributed by atoms with Crippen molar-refractivity contribution in [2.45, 2.75) is 56.8 Å². The molecule has 0 N–H and O–H groups in total. The van der Waals surface area contributed by atoms with Gasteiger partial charge in [-0.3, -0.25) is 4.79 Å². The summed E-state index contributed by atoms with van der Waals surface area (Å²) < 4.78 is 39.6. The first-order chi connectivity index (χ1) is 14.7. The van der Waals surface area contributed by atoms with Crippen molar-refractivity contribution in [3.63, 3.8) is 0 Å². The third-order valence-corrected chi connectivity index (χ3v) is 8.31. The van der Waals surface area contributed by atoms with Crippen LogP contribution in [-0.4, -0.2) is 28.0 Å². The molecule has 0 atom stereocenters. The lowest BCUT2D eigenvalue weighted by Gasteiger charge is -2.35. The molecule has 2 aromatic carbocycles. The lowest BCUT2D eigenvalue weighted by Crippen LogP contribution is -2.45. The predicted molar refractivity (Wildman–Crippen MR) is 119 cm³/mol. The van der Waals surface area contributed by atoms with Crippen LogP contribution >= 0.6 is 0 Å². The second kappa shape index (κ2) is 7.86. The maximum Gasteiger partial charge on any atom is 0.274 e. The molecule has 1 heterocycles. The van der Waals surface area contributed by atoms with Crippen LogP contribution in [0, 0.1) is 12.8 Å². The summed E-state index contributed by atoms with van der Waals surface area (Å²) in [6.45, 7) is 6.44. The average molecular weight is 444 g/mol. The molecule has 166 valence electrons. The molecule has 4 rings (SSSR count). The van der Waals surface area contributed by atoms with Gasteiger partial charge in [0, 0.05) is 0 Å². The van der Waals surface area contributed by atoms with E-state index in [1.165, 1.54) is 13.2 Å². The largest absolute Gasteiger partial charge is 0.495 e. The van der Waals surface area contributed by atoms with Gasteiger partial charge >= 0.3 is 0 Å². The van der Waals surface area contributed by atoms with Gasteiger partial charge in [0.05, 0.1) is 24.8 Å². The Labute approximate surface area is 184 Å². The molecule has 2 aliphatic rings. The average Bonchev–Trinajstić information content (AvgIpc) is 2.98. The Balaban J connectivity index is 1.89. The molecule has 1 saturated carbocycles. The number of carbonyl (C=O) groups excluding carboxylic acids is 1. The van der Waals surface area contributed by atoms with Crippen molar-refractivity contribution in [2.24, 2.45) is 5.92 Å². The number of fused-ring (bicyclic) bond motifs is 2. The minimum absolute atomic E-state index is 0.00462. The fraction of sp³-hybridized carbons (Fsp3) is 0.458. The van der Waals surface area contributed by atoms with Gasteiger partial charge in [0.25, 0.3) is 15.9 Å². The highest BCUT2D eigenvalue weighted by molar-refractivity contribution is 7.93. The Morgan fingerprint density at radius 2 is 1.84 bits per heavy atom. The summed E-state index contributed by atoms with van der Waals surface area (Å²) in [5, 5.41) is 0. The topological polar surface area (TPSA) is 72.9 Å². The molecule has 31 heavy (non-hydrogen) atoms. The first-order valence-corrected chi connectivity index (χ1v) is 12.2. The van der Waals surface area contributed by atoms with Gasteiger partial charge in [-0.15, -0.1) is 0 Å². The van der Waals surface area contributed by atoms with E-state index in [9.17, 15) is 13.2 Å². The minimum Gasteiger partial charge on any atom is -0.495 e. The second-order valence-corrected chi connectivity index (χ2v) is 10.4. The Hall–Kier alpha value is -2.54. The summed E-state index contributed by atoms with van der Waals surface area (Å²) in [6, 6.07) is 10.2. The maximum atomic E-state index is 13.9. The third-order valence-electron chi connectivity index (χ3n) is 6.57. The third kappa shape index (κ3) is 3.39. The normalized spacial score (nSPS) is 23.2. The van der Waals surface area contributed by atoms with Crippen molar-refractivity contribution in [2.75, 3.05) is 18.0 Å². The van der Waals surface area contributed by atoms with Crippen molar-refractivity contribution in [3.8, 4) is 11.5 Å². The van der Waals surface area contributed by atoms with Crippen LogP contribution in [0.4, 0.5) is 5.69 Å². The minimum atomic E-state index is -4.16. The molecule has 6 nitrogen and oxygen atoms in total. The lowest BCUT2D eigenvalue weighted by atomic mass is 9.67. The van der Waals surface area contributed by atoms with Crippen LogP contribution < -0.4 is 13.8 Å². The van der Waals surface area contributed by atoms with E-state index in [1.54, 1.807) is 24.3 Å². The van der Waals surface area contributed by atoms with E-state index in [0.717, 1.165) is 28.3 Å². The fourth-order valence-electron chi connectivity index (χ4n) is 4.81. The van der Waals surface area contributed by atoms with Crippen LogP contribution in [0.2, 0.25) is 0 Å². The zero-order valence-electron chi connectivity index (χ0n) is 18.5. The lowest BCUT2D eigenvalue weighted by molar-refractivity contribution is -0.123. The smallest absolute Gasteiger partial charge is 0.274 e. The Morgan fingerprint density at radius 3 is 2.48 bits per heavy atom. The van der Waals surface area contributed by atoms with E-state index in [0.29, 0.717) is 36.8 Å². The maximum absolute atomic E-state index is 13.9. The van der Waals surface area contributed by atoms with Crippen molar-refractivity contribution >= 4 is 21.6 Å². The SMILES string of the molecule is CCOc1ccc2c(c1)C1(CCC(C)CC1)C(=O)N2S(=O)(=O)c1ccc(C)cc1OC. The number of methoxy groups -OCH3 is 1. The summed E-state index contributed by atoms with van der Waals surface area (Å²) in [6.07, 6.45) is 3.02. The molecule has 7 heteroatoms. The molecule has 0 unspecified atom stereocenters. The number of aryl methyl sites for hydroxylation is 1. The summed E-state index contributed by atoms with van der Waals surface area (Å²) in [4.78, 5) is 13.9. The zero-order valence-corrected chi connectivity index (χ0v) is 19.3. The van der Waals surface area contributed by atoms with Crippen molar-refractivity contribution in [1.29, 1.82) is 0 Å². The number of hydrogen-bond donors (Lipinski definition) is 0. The van der Waals surface area contributed by atoms with Crippen LogP contribution in [0.5, 0.6) is 11.5 Å². The van der Waals surface area contributed by atoms with Gasteiger partial charge in [-0.25, -0.2) is 12.7 Å². The molecule has 1 fully saturated rings. The number of amides is 1. The van der Waals surface area contributed by atoms with Gasteiger partial charge in [-0.1, -0.05) is 13.0 Å². The first kappa shape index (κ1) is 21.7. The van der Waals surface area contributed by atoms with Crippen LogP contribution in [-0.2, 0) is 20.2 Å². The number of carbonyl (C=O) groups is 1. The Morgan fingerprint density at radius 1 is 1.13 bits per heavy atom. The number of sulfonamides is 1. The molecule has 1 aliphatic heterocycles. The molecule has 1 amide bonds. The van der Waals surface area contributed by atoms with Gasteiger partial charge in [0.1, 0.15) is 16.4 Å².